The molecule has 0 bridgehead atoms. The van der Waals surface area contributed by atoms with E-state index in [1.807, 2.05) is 11.3 Å². The molecule has 1 fully saturated rings. The zero-order chi connectivity index (χ0) is 15.5. The van der Waals surface area contributed by atoms with Crippen molar-refractivity contribution in [3.63, 3.8) is 0 Å². The molecule has 1 amide bonds. The van der Waals surface area contributed by atoms with Gasteiger partial charge in [-0.2, -0.15) is 0 Å². The predicted octanol–water partition coefficient (Wildman–Crippen LogP) is 3.69. The molecule has 4 heteroatoms. The number of carbonyl (C=O) groups is 1. The summed E-state index contributed by atoms with van der Waals surface area (Å²) in [7, 11) is 0. The van der Waals surface area contributed by atoms with Gasteiger partial charge in [0.15, 0.2) is 0 Å². The summed E-state index contributed by atoms with van der Waals surface area (Å²) in [5.41, 5.74) is 6.77. The minimum Gasteiger partial charge on any atom is -0.370 e. The van der Waals surface area contributed by atoms with Crippen molar-refractivity contribution in [3.05, 3.63) is 34.7 Å². The van der Waals surface area contributed by atoms with Crippen LogP contribution < -0.4 is 5.73 Å². The number of likely N-dealkylation sites (tertiary alicyclic amines) is 1. The molecule has 118 valence electrons. The Balaban J connectivity index is 1.69. The molecule has 1 aromatic carbocycles. The predicted molar refractivity (Wildman–Crippen MR) is 93.0 cm³/mol. The van der Waals surface area contributed by atoms with E-state index in [0.29, 0.717) is 12.3 Å². The van der Waals surface area contributed by atoms with Gasteiger partial charge in [0.1, 0.15) is 0 Å². The van der Waals surface area contributed by atoms with Crippen molar-refractivity contribution < 1.29 is 4.79 Å². The van der Waals surface area contributed by atoms with Crippen molar-refractivity contribution in [2.45, 2.75) is 39.2 Å². The van der Waals surface area contributed by atoms with Crippen molar-refractivity contribution in [2.75, 3.05) is 13.1 Å². The standard InChI is InChI=1S/C18H24N2OS/c1-13-16(15-6-2-3-7-17(15)22-13)12-20-10-4-5-14(11-20)8-9-18(19)21/h2-3,6-7,14H,4-5,8-12H2,1H3,(H2,19,21). The van der Waals surface area contributed by atoms with Gasteiger partial charge in [-0.25, -0.2) is 0 Å². The first-order valence-corrected chi connectivity index (χ1v) is 8.93. The van der Waals surface area contributed by atoms with Gasteiger partial charge in [0.05, 0.1) is 0 Å². The molecule has 2 heterocycles. The van der Waals surface area contributed by atoms with Crippen LogP contribution in [0.3, 0.4) is 0 Å². The minimum atomic E-state index is -0.170. The molecule has 1 aliphatic heterocycles. The Bertz CT molecular complexity index is 664. The highest BCUT2D eigenvalue weighted by atomic mass is 32.1. The van der Waals surface area contributed by atoms with E-state index in [9.17, 15) is 4.79 Å². The zero-order valence-electron chi connectivity index (χ0n) is 13.2. The lowest BCUT2D eigenvalue weighted by Crippen LogP contribution is -2.35. The lowest BCUT2D eigenvalue weighted by molar-refractivity contribution is -0.118. The van der Waals surface area contributed by atoms with E-state index in [2.05, 4.69) is 36.1 Å². The number of amides is 1. The van der Waals surface area contributed by atoms with E-state index in [4.69, 9.17) is 5.73 Å². The van der Waals surface area contributed by atoms with Gasteiger partial charge in [-0.05, 0) is 55.7 Å². The van der Waals surface area contributed by atoms with Crippen LogP contribution in [0, 0.1) is 12.8 Å². The Labute approximate surface area is 136 Å². The topological polar surface area (TPSA) is 46.3 Å². The average molecular weight is 316 g/mol. The fraction of sp³-hybridized carbons (Fsp3) is 0.500. The lowest BCUT2D eigenvalue weighted by atomic mass is 9.93. The largest absolute Gasteiger partial charge is 0.370 e. The maximum atomic E-state index is 11.0. The number of benzene rings is 1. The van der Waals surface area contributed by atoms with E-state index >= 15 is 0 Å². The number of piperidine rings is 1. The average Bonchev–Trinajstić information content (AvgIpc) is 2.82. The third kappa shape index (κ3) is 3.50. The molecule has 0 spiro atoms. The summed E-state index contributed by atoms with van der Waals surface area (Å²) in [5, 5.41) is 1.41. The van der Waals surface area contributed by atoms with Crippen molar-refractivity contribution >= 4 is 27.3 Å². The maximum absolute atomic E-state index is 11.0. The van der Waals surface area contributed by atoms with Crippen LogP contribution in [-0.4, -0.2) is 23.9 Å². The summed E-state index contributed by atoms with van der Waals surface area (Å²) in [6, 6.07) is 8.69. The third-order valence-corrected chi connectivity index (χ3v) is 5.81. The van der Waals surface area contributed by atoms with Crippen LogP contribution in [0.4, 0.5) is 0 Å². The molecule has 0 saturated carbocycles. The highest BCUT2D eigenvalue weighted by molar-refractivity contribution is 7.19. The second-order valence-corrected chi connectivity index (χ2v) is 7.64. The number of aryl methyl sites for hydroxylation is 1. The number of primary amides is 1. The first-order chi connectivity index (χ1) is 10.6. The second kappa shape index (κ2) is 6.80. The smallest absolute Gasteiger partial charge is 0.217 e. The SMILES string of the molecule is Cc1sc2ccccc2c1CN1CCCC(CCC(N)=O)C1. The Morgan fingerprint density at radius 3 is 3.05 bits per heavy atom. The molecule has 3 nitrogen and oxygen atoms in total. The molecule has 22 heavy (non-hydrogen) atoms. The summed E-state index contributed by atoms with van der Waals surface area (Å²) in [6.45, 7) is 5.52. The first kappa shape index (κ1) is 15.5. The number of nitrogens with two attached hydrogens (primary N) is 1. The second-order valence-electron chi connectivity index (χ2n) is 6.38. The number of hydrogen-bond acceptors (Lipinski definition) is 3. The number of thiophene rings is 1. The Morgan fingerprint density at radius 1 is 1.41 bits per heavy atom. The van der Waals surface area contributed by atoms with E-state index < -0.39 is 0 Å². The highest BCUT2D eigenvalue weighted by Crippen LogP contribution is 2.32. The minimum absolute atomic E-state index is 0.170. The van der Waals surface area contributed by atoms with E-state index in [0.717, 1.165) is 26.1 Å². The fourth-order valence-corrected chi connectivity index (χ4v) is 4.59. The van der Waals surface area contributed by atoms with Crippen LogP contribution in [-0.2, 0) is 11.3 Å². The van der Waals surface area contributed by atoms with Crippen LogP contribution in [0.1, 0.15) is 36.1 Å². The van der Waals surface area contributed by atoms with Gasteiger partial charge in [-0.1, -0.05) is 18.2 Å². The third-order valence-electron chi connectivity index (χ3n) is 4.68. The summed E-state index contributed by atoms with van der Waals surface area (Å²) < 4.78 is 1.39. The highest BCUT2D eigenvalue weighted by Gasteiger charge is 2.21. The molecule has 1 atom stereocenters. The van der Waals surface area contributed by atoms with Gasteiger partial charge in [0.2, 0.25) is 5.91 Å². The molecular weight excluding hydrogens is 292 g/mol. The Kier molecular flexibility index (Phi) is 4.79. The molecule has 0 aliphatic carbocycles. The van der Waals surface area contributed by atoms with Gasteiger partial charge >= 0.3 is 0 Å². The Hall–Kier alpha value is -1.39. The molecule has 3 rings (SSSR count). The zero-order valence-corrected chi connectivity index (χ0v) is 14.0. The normalized spacial score (nSPS) is 19.6. The molecule has 1 aliphatic rings. The van der Waals surface area contributed by atoms with Crippen LogP contribution in [0.15, 0.2) is 24.3 Å². The molecular formula is C18H24N2OS. The van der Waals surface area contributed by atoms with Crippen LogP contribution in [0.2, 0.25) is 0 Å². The fourth-order valence-electron chi connectivity index (χ4n) is 3.52. The van der Waals surface area contributed by atoms with Crippen molar-refractivity contribution in [2.24, 2.45) is 11.7 Å². The van der Waals surface area contributed by atoms with E-state index in [1.54, 1.807) is 0 Å². The number of fused-ring (bicyclic) bond motifs is 1. The van der Waals surface area contributed by atoms with Gasteiger partial charge in [-0.15, -0.1) is 11.3 Å². The summed E-state index contributed by atoms with van der Waals surface area (Å²) >= 11 is 1.89. The first-order valence-electron chi connectivity index (χ1n) is 8.11. The van der Waals surface area contributed by atoms with Crippen LogP contribution in [0.5, 0.6) is 0 Å². The van der Waals surface area contributed by atoms with Crippen molar-refractivity contribution in [3.8, 4) is 0 Å². The van der Waals surface area contributed by atoms with Gasteiger partial charge in [0.25, 0.3) is 0 Å². The van der Waals surface area contributed by atoms with Gasteiger partial charge in [-0.3, -0.25) is 9.69 Å². The number of hydrogen-bond donors (Lipinski definition) is 1. The molecule has 1 aromatic heterocycles. The summed E-state index contributed by atoms with van der Waals surface area (Å²) in [5.74, 6) is 0.447. The number of rotatable bonds is 5. The molecule has 0 radical (unpaired) electrons. The quantitative estimate of drug-likeness (QED) is 0.914. The van der Waals surface area contributed by atoms with Crippen molar-refractivity contribution in [1.29, 1.82) is 0 Å². The lowest BCUT2D eigenvalue weighted by Gasteiger charge is -2.32. The Morgan fingerprint density at radius 2 is 2.23 bits per heavy atom. The van der Waals surface area contributed by atoms with Crippen molar-refractivity contribution in [1.82, 2.24) is 4.90 Å². The van der Waals surface area contributed by atoms with Gasteiger partial charge in [0, 0.05) is 29.1 Å². The molecule has 1 unspecified atom stereocenters. The van der Waals surface area contributed by atoms with E-state index in [-0.39, 0.29) is 5.91 Å². The number of nitrogens with zero attached hydrogens (tertiary/aromatic N) is 1. The number of carbonyl (C=O) groups excluding carboxylic acids is 1. The monoisotopic (exact) mass is 316 g/mol. The molecule has 2 N–H and O–H groups in total. The molecule has 2 aromatic rings. The van der Waals surface area contributed by atoms with Crippen LogP contribution >= 0.6 is 11.3 Å². The van der Waals surface area contributed by atoms with Crippen LogP contribution in [0.25, 0.3) is 10.1 Å². The summed E-state index contributed by atoms with van der Waals surface area (Å²) in [6.07, 6.45) is 3.92. The van der Waals surface area contributed by atoms with Gasteiger partial charge < -0.3 is 5.73 Å². The van der Waals surface area contributed by atoms with E-state index in [1.165, 1.54) is 33.4 Å². The molecule has 1 saturated heterocycles. The summed E-state index contributed by atoms with van der Waals surface area (Å²) in [4.78, 5) is 15.0. The maximum Gasteiger partial charge on any atom is 0.217 e.